The minimum atomic E-state index is -3.16. The number of nitrogens with zero attached hydrogens (tertiary/aromatic N) is 7. The van der Waals surface area contributed by atoms with Crippen molar-refractivity contribution >= 4 is 69.5 Å². The van der Waals surface area contributed by atoms with E-state index >= 15 is 0 Å². The Balaban J connectivity index is 0.000000214. The lowest BCUT2D eigenvalue weighted by molar-refractivity contribution is -0.120. The number of anilines is 4. The van der Waals surface area contributed by atoms with Crippen LogP contribution in [-0.4, -0.2) is 135 Å². The van der Waals surface area contributed by atoms with Crippen LogP contribution in [0.4, 0.5) is 41.1 Å². The molecule has 2 fully saturated rings. The fourth-order valence-electron chi connectivity index (χ4n) is 5.27. The fraction of sp³-hybridized carbons (Fsp3) is 0.455. The maximum Gasteiger partial charge on any atom is 0.414 e. The number of ether oxygens (including phenoxy) is 2. The molecule has 4 aliphatic heterocycles. The van der Waals surface area contributed by atoms with Crippen molar-refractivity contribution < 1.29 is 50.0 Å². The molecule has 0 radical (unpaired) electrons. The van der Waals surface area contributed by atoms with E-state index in [1.54, 1.807) is 45.4 Å². The number of halogens is 2. The van der Waals surface area contributed by atoms with Gasteiger partial charge in [0.25, 0.3) is 10.1 Å². The molecule has 19 nitrogen and oxygen atoms in total. The number of rotatable bonds is 9. The summed E-state index contributed by atoms with van der Waals surface area (Å²) in [6, 6.07) is 9.17. The first-order valence-electron chi connectivity index (χ1n) is 16.9. The molecule has 300 valence electrons. The van der Waals surface area contributed by atoms with Gasteiger partial charge in [0.2, 0.25) is 11.8 Å². The van der Waals surface area contributed by atoms with Crippen molar-refractivity contribution in [3.8, 4) is 0 Å². The van der Waals surface area contributed by atoms with Crippen LogP contribution < -0.4 is 35.7 Å². The molecule has 2 atom stereocenters. The Morgan fingerprint density at radius 1 is 0.855 bits per heavy atom. The van der Waals surface area contributed by atoms with Gasteiger partial charge in [-0.3, -0.25) is 28.6 Å². The molecule has 4 aliphatic rings. The van der Waals surface area contributed by atoms with Crippen molar-refractivity contribution in [2.24, 2.45) is 10.2 Å². The molecule has 22 heteroatoms. The molecule has 4 amide bonds. The van der Waals surface area contributed by atoms with E-state index in [-0.39, 0.29) is 38.0 Å². The van der Waals surface area contributed by atoms with E-state index in [2.05, 4.69) is 30.4 Å². The van der Waals surface area contributed by atoms with Crippen molar-refractivity contribution in [1.82, 2.24) is 21.1 Å². The van der Waals surface area contributed by atoms with Crippen LogP contribution in [0.2, 0.25) is 0 Å². The van der Waals surface area contributed by atoms with Gasteiger partial charge >= 0.3 is 12.2 Å². The van der Waals surface area contributed by atoms with Crippen LogP contribution in [0.25, 0.3) is 0 Å². The molecule has 55 heavy (non-hydrogen) atoms. The van der Waals surface area contributed by atoms with Gasteiger partial charge in [-0.1, -0.05) is 0 Å². The monoisotopic (exact) mass is 794 g/mol. The Kier molecular flexibility index (Phi) is 14.5. The Labute approximate surface area is 316 Å². The van der Waals surface area contributed by atoms with Crippen LogP contribution in [0.3, 0.4) is 0 Å². The highest BCUT2D eigenvalue weighted by atomic mass is 32.2. The molecule has 6 rings (SSSR count). The molecule has 0 unspecified atom stereocenters. The zero-order valence-corrected chi connectivity index (χ0v) is 31.7. The minimum Gasteiger partial charge on any atom is -0.442 e. The first-order valence-corrected chi connectivity index (χ1v) is 18.7. The van der Waals surface area contributed by atoms with Crippen molar-refractivity contribution in [2.45, 2.75) is 26.1 Å². The van der Waals surface area contributed by atoms with Crippen LogP contribution >= 0.6 is 0 Å². The molecule has 0 saturated carbocycles. The van der Waals surface area contributed by atoms with E-state index in [1.807, 2.05) is 7.05 Å². The predicted octanol–water partition coefficient (Wildman–Crippen LogP) is 1.21. The number of carbonyl (C=O) groups is 4. The van der Waals surface area contributed by atoms with Crippen molar-refractivity contribution in [3.63, 3.8) is 0 Å². The third-order valence-corrected chi connectivity index (χ3v) is 8.72. The summed E-state index contributed by atoms with van der Waals surface area (Å²) in [6.45, 7) is 6.31. The third-order valence-electron chi connectivity index (χ3n) is 8.12. The Bertz CT molecular complexity index is 1890. The number of hydrogen-bond acceptors (Lipinski definition) is 15. The molecule has 2 aromatic carbocycles. The summed E-state index contributed by atoms with van der Waals surface area (Å²) in [4.78, 5) is 52.0. The average Bonchev–Trinajstić information content (AvgIpc) is 3.72. The number of hydrogen-bond donors (Lipinski definition) is 3. The molecule has 3 N–H and O–H groups in total. The van der Waals surface area contributed by atoms with Crippen LogP contribution in [0, 0.1) is 11.6 Å². The normalized spacial score (nSPS) is 19.1. The summed E-state index contributed by atoms with van der Waals surface area (Å²) in [6.07, 6.45) is 2.08. The smallest absolute Gasteiger partial charge is 0.414 e. The average molecular weight is 795 g/mol. The van der Waals surface area contributed by atoms with Gasteiger partial charge in [0, 0.05) is 34.0 Å². The highest BCUT2D eigenvalue weighted by Crippen LogP contribution is 2.29. The highest BCUT2D eigenvalue weighted by molar-refractivity contribution is 7.85. The molecule has 2 aromatic rings. The number of carbonyl (C=O) groups excluding carboxylic acids is 4. The topological polar surface area (TPSA) is 207 Å². The maximum atomic E-state index is 14.5. The van der Waals surface area contributed by atoms with Gasteiger partial charge in [0.05, 0.1) is 75.4 Å². The van der Waals surface area contributed by atoms with Crippen LogP contribution in [0.15, 0.2) is 46.6 Å². The number of cyclic esters (lactones) is 2. The van der Waals surface area contributed by atoms with Crippen molar-refractivity contribution in [1.29, 1.82) is 0 Å². The third kappa shape index (κ3) is 12.4. The van der Waals surface area contributed by atoms with E-state index in [0.717, 1.165) is 13.4 Å². The molecule has 0 spiro atoms. The summed E-state index contributed by atoms with van der Waals surface area (Å²) in [7, 11) is -0.191. The Morgan fingerprint density at radius 2 is 1.33 bits per heavy atom. The highest BCUT2D eigenvalue weighted by Gasteiger charge is 2.34. The standard InChI is InChI=1S/C16H20FN5O3.C15H18FN5O3.C2H6O3S/c1-11(23)18-8-13-9-22(16(24)25-13)12-3-4-15(14(17)7-12)21-6-5-20(2)19-10-21;1-10(22)17-7-12-8-21(15(23)24-12)11-2-3-14(13(16)6-11)20-5-4-18-19-9-20;1-5-6(2,3)4/h3-4,7,10,13H,5-6,8-9H2,1-2H3,(H,18,23);2-3,6,9,12,18H,4-5,7-8H2,1H3,(H,17,22);1-2H3/t13-;12-;/m00./s1. The SMILES string of the molecule is CC(=O)NC[C@H]1CN(c2ccc(N3C=NN(C)CC3)c(F)c2)C(=O)O1.CC(=O)NC[C@H]1CN(c2ccc(N3C=NNCC3)c(F)c2)C(=O)O1.COS(C)(=O)=O. The summed E-state index contributed by atoms with van der Waals surface area (Å²) in [5, 5.41) is 15.0. The molecular formula is C33H44F2N10O9S. The maximum absolute atomic E-state index is 14.5. The first-order chi connectivity index (χ1) is 26.0. The van der Waals surface area contributed by atoms with Crippen molar-refractivity contribution in [2.75, 3.05) is 92.4 Å². The van der Waals surface area contributed by atoms with Gasteiger partial charge in [-0.25, -0.2) is 18.4 Å². The Morgan fingerprint density at radius 3 is 1.69 bits per heavy atom. The second kappa shape index (κ2) is 19.0. The first kappa shape index (κ1) is 42.0. The van der Waals surface area contributed by atoms with Crippen molar-refractivity contribution in [3.05, 3.63) is 48.0 Å². The fourth-order valence-corrected chi connectivity index (χ4v) is 5.27. The van der Waals surface area contributed by atoms with Crippen LogP contribution in [-0.2, 0) is 33.4 Å². The van der Waals surface area contributed by atoms with Gasteiger partial charge < -0.3 is 35.3 Å². The van der Waals surface area contributed by atoms with Gasteiger partial charge in [-0.05, 0) is 36.4 Å². The van der Waals surface area contributed by atoms with Gasteiger partial charge in [-0.2, -0.15) is 18.6 Å². The lowest BCUT2D eigenvalue weighted by atomic mass is 10.2. The zero-order chi connectivity index (χ0) is 40.3. The number of nitrogens with one attached hydrogen (secondary N) is 3. The lowest BCUT2D eigenvalue weighted by Crippen LogP contribution is -2.36. The number of amides is 4. The summed E-state index contributed by atoms with van der Waals surface area (Å²) < 4.78 is 62.7. The predicted molar refractivity (Wildman–Crippen MR) is 200 cm³/mol. The lowest BCUT2D eigenvalue weighted by Gasteiger charge is -2.28. The number of likely N-dealkylation sites (N-methyl/N-ethyl adjacent to an activating group) is 1. The second-order valence-corrected chi connectivity index (χ2v) is 14.1. The van der Waals surface area contributed by atoms with E-state index in [1.165, 1.54) is 42.1 Å². The second-order valence-electron chi connectivity index (χ2n) is 12.4. The summed E-state index contributed by atoms with van der Waals surface area (Å²) in [5.74, 6) is -1.28. The largest absolute Gasteiger partial charge is 0.442 e. The number of hydrazone groups is 2. The molecule has 4 heterocycles. The molecule has 0 aliphatic carbocycles. The molecule has 0 bridgehead atoms. The number of benzene rings is 2. The molecule has 2 saturated heterocycles. The minimum absolute atomic E-state index is 0.196. The summed E-state index contributed by atoms with van der Waals surface area (Å²) in [5.41, 5.74) is 4.43. The van der Waals surface area contributed by atoms with E-state index in [9.17, 15) is 36.4 Å². The van der Waals surface area contributed by atoms with E-state index in [4.69, 9.17) is 9.47 Å². The molecular weight excluding hydrogens is 750 g/mol. The van der Waals surface area contributed by atoms with Gasteiger partial charge in [-0.15, -0.1) is 0 Å². The summed E-state index contributed by atoms with van der Waals surface area (Å²) >= 11 is 0. The Hall–Kier alpha value is -5.77. The quantitative estimate of drug-likeness (QED) is 0.306. The van der Waals surface area contributed by atoms with E-state index in [0.29, 0.717) is 48.9 Å². The molecule has 0 aromatic heterocycles. The van der Waals surface area contributed by atoms with E-state index < -0.39 is 46.1 Å². The van der Waals surface area contributed by atoms with Crippen LogP contribution in [0.1, 0.15) is 13.8 Å². The van der Waals surface area contributed by atoms with Gasteiger partial charge in [0.15, 0.2) is 0 Å². The van der Waals surface area contributed by atoms with Gasteiger partial charge in [0.1, 0.15) is 36.5 Å². The zero-order valence-electron chi connectivity index (χ0n) is 30.9. The van der Waals surface area contributed by atoms with Crippen LogP contribution in [0.5, 0.6) is 0 Å².